The minimum atomic E-state index is -0.826. The molecule has 0 rings (SSSR count). The van der Waals surface area contributed by atoms with Crippen LogP contribution in [-0.4, -0.2) is 34.9 Å². The predicted octanol–water partition coefficient (Wildman–Crippen LogP) is 2.90. The summed E-state index contributed by atoms with van der Waals surface area (Å²) in [5.74, 6) is -1.06. The molecule has 0 aliphatic carbocycles. The van der Waals surface area contributed by atoms with E-state index in [2.05, 4.69) is 0 Å². The van der Waals surface area contributed by atoms with E-state index in [1.54, 1.807) is 0 Å². The summed E-state index contributed by atoms with van der Waals surface area (Å²) in [4.78, 5) is 21.8. The molecule has 0 aromatic rings. The van der Waals surface area contributed by atoms with Crippen LogP contribution in [0.3, 0.4) is 0 Å². The molecule has 118 valence electrons. The third-order valence-electron chi connectivity index (χ3n) is 3.12. The number of aliphatic hydroxyl groups excluding tert-OH is 1. The summed E-state index contributed by atoms with van der Waals surface area (Å²) in [5, 5.41) is 17.1. The van der Waals surface area contributed by atoms with E-state index in [-0.39, 0.29) is 25.1 Å². The molecule has 5 heteroatoms. The van der Waals surface area contributed by atoms with E-state index in [0.29, 0.717) is 19.3 Å². The molecule has 20 heavy (non-hydrogen) atoms. The summed E-state index contributed by atoms with van der Waals surface area (Å²) in [6, 6.07) is 0. The molecule has 0 saturated carbocycles. The van der Waals surface area contributed by atoms with Gasteiger partial charge < -0.3 is 14.9 Å². The van der Waals surface area contributed by atoms with Crippen LogP contribution in [0.2, 0.25) is 0 Å². The van der Waals surface area contributed by atoms with Crippen molar-refractivity contribution in [2.24, 2.45) is 0 Å². The lowest BCUT2D eigenvalue weighted by atomic mass is 10.1. The maximum atomic E-state index is 11.5. The number of unbranched alkanes of at least 4 members (excludes halogenated alkanes) is 5. The van der Waals surface area contributed by atoms with Crippen LogP contribution < -0.4 is 0 Å². The number of carboxylic acid groups (broad SMARTS) is 1. The summed E-state index contributed by atoms with van der Waals surface area (Å²) in [6.07, 6.45) is 7.43. The van der Waals surface area contributed by atoms with Gasteiger partial charge in [-0.05, 0) is 39.0 Å². The minimum Gasteiger partial charge on any atom is -0.481 e. The van der Waals surface area contributed by atoms with Crippen molar-refractivity contribution >= 4 is 11.9 Å². The third kappa shape index (κ3) is 13.3. The molecule has 0 heterocycles. The molecule has 0 saturated heterocycles. The largest absolute Gasteiger partial charge is 0.481 e. The Morgan fingerprint density at radius 1 is 0.950 bits per heavy atom. The average molecular weight is 288 g/mol. The van der Waals surface area contributed by atoms with Crippen LogP contribution in [0.4, 0.5) is 0 Å². The first-order chi connectivity index (χ1) is 9.56. The molecule has 0 spiro atoms. The Bertz CT molecular complexity index is 265. The summed E-state index contributed by atoms with van der Waals surface area (Å²) >= 11 is 0. The lowest BCUT2D eigenvalue weighted by molar-refractivity contribution is -0.149. The van der Waals surface area contributed by atoms with E-state index in [4.69, 9.17) is 14.9 Å². The molecule has 0 amide bonds. The highest BCUT2D eigenvalue weighted by atomic mass is 16.5. The topological polar surface area (TPSA) is 83.8 Å². The van der Waals surface area contributed by atoms with E-state index >= 15 is 0 Å². The van der Waals surface area contributed by atoms with E-state index in [1.807, 2.05) is 6.92 Å². The molecule has 0 aromatic carbocycles. The van der Waals surface area contributed by atoms with Crippen molar-refractivity contribution in [3.8, 4) is 0 Å². The van der Waals surface area contributed by atoms with Gasteiger partial charge in [0.15, 0.2) is 0 Å². The molecule has 2 N–H and O–H groups in total. The van der Waals surface area contributed by atoms with Crippen molar-refractivity contribution < 1.29 is 24.5 Å². The van der Waals surface area contributed by atoms with Gasteiger partial charge in [0.05, 0.1) is 6.10 Å². The monoisotopic (exact) mass is 288 g/mol. The van der Waals surface area contributed by atoms with Crippen molar-refractivity contribution in [2.45, 2.75) is 77.2 Å². The summed E-state index contributed by atoms with van der Waals surface area (Å²) in [6.45, 7) is 2.15. The Morgan fingerprint density at radius 2 is 1.55 bits per heavy atom. The molecular formula is C15H28O5. The summed E-state index contributed by atoms with van der Waals surface area (Å²) in [7, 11) is 0. The standard InChI is InChI=1S/C15H28O5/c1-13(9-5-3-2-4-8-12-16)20-15(19)11-7-6-10-14(17)18/h13,16H,2-12H2,1H3,(H,17,18). The second-order valence-electron chi connectivity index (χ2n) is 5.18. The third-order valence-corrected chi connectivity index (χ3v) is 3.12. The number of hydrogen-bond donors (Lipinski definition) is 2. The van der Waals surface area contributed by atoms with Gasteiger partial charge in [0.1, 0.15) is 0 Å². The smallest absolute Gasteiger partial charge is 0.306 e. The molecule has 0 aromatic heterocycles. The highest BCUT2D eigenvalue weighted by Crippen LogP contribution is 2.10. The van der Waals surface area contributed by atoms with Crippen molar-refractivity contribution in [1.82, 2.24) is 0 Å². The number of aliphatic carboxylic acids is 1. The second kappa shape index (κ2) is 12.9. The van der Waals surface area contributed by atoms with Crippen LogP contribution in [-0.2, 0) is 14.3 Å². The molecule has 1 atom stereocenters. The molecule has 1 unspecified atom stereocenters. The number of carboxylic acids is 1. The Balaban J connectivity index is 3.42. The predicted molar refractivity (Wildman–Crippen MR) is 76.4 cm³/mol. The van der Waals surface area contributed by atoms with Crippen molar-refractivity contribution in [3.05, 3.63) is 0 Å². The van der Waals surface area contributed by atoms with Crippen LogP contribution in [0.5, 0.6) is 0 Å². The zero-order valence-electron chi connectivity index (χ0n) is 12.5. The number of carbonyl (C=O) groups is 2. The number of ether oxygens (including phenoxy) is 1. The number of hydrogen-bond acceptors (Lipinski definition) is 4. The second-order valence-corrected chi connectivity index (χ2v) is 5.18. The molecule has 0 radical (unpaired) electrons. The first-order valence-corrected chi connectivity index (χ1v) is 7.58. The van der Waals surface area contributed by atoms with Gasteiger partial charge in [-0.15, -0.1) is 0 Å². The van der Waals surface area contributed by atoms with E-state index < -0.39 is 5.97 Å². The fraction of sp³-hybridized carbons (Fsp3) is 0.867. The fourth-order valence-corrected chi connectivity index (χ4v) is 1.96. The Kier molecular flexibility index (Phi) is 12.2. The van der Waals surface area contributed by atoms with Crippen LogP contribution in [0.1, 0.15) is 71.1 Å². The highest BCUT2D eigenvalue weighted by molar-refractivity contribution is 5.70. The van der Waals surface area contributed by atoms with Gasteiger partial charge in [-0.1, -0.05) is 19.3 Å². The number of carbonyl (C=O) groups excluding carboxylic acids is 1. The zero-order valence-corrected chi connectivity index (χ0v) is 12.5. The minimum absolute atomic E-state index is 0.0696. The van der Waals surface area contributed by atoms with Crippen LogP contribution in [0, 0.1) is 0 Å². The van der Waals surface area contributed by atoms with Gasteiger partial charge in [0.2, 0.25) is 0 Å². The van der Waals surface area contributed by atoms with Crippen molar-refractivity contribution in [1.29, 1.82) is 0 Å². The SMILES string of the molecule is CC(CCCCCCCO)OC(=O)CCCCC(=O)O. The lowest BCUT2D eigenvalue weighted by Gasteiger charge is -2.13. The Hall–Kier alpha value is -1.10. The van der Waals surface area contributed by atoms with Crippen LogP contribution in [0.15, 0.2) is 0 Å². The number of aliphatic hydroxyl groups is 1. The summed E-state index contributed by atoms with van der Waals surface area (Å²) < 4.78 is 5.26. The quantitative estimate of drug-likeness (QED) is 0.402. The van der Waals surface area contributed by atoms with Gasteiger partial charge in [-0.3, -0.25) is 9.59 Å². The summed E-state index contributed by atoms with van der Waals surface area (Å²) in [5.41, 5.74) is 0. The van der Waals surface area contributed by atoms with Gasteiger partial charge in [-0.25, -0.2) is 0 Å². The zero-order chi connectivity index (χ0) is 15.2. The molecule has 0 aliphatic rings. The number of rotatable bonds is 13. The van der Waals surface area contributed by atoms with E-state index in [1.165, 1.54) is 0 Å². The van der Waals surface area contributed by atoms with Gasteiger partial charge in [-0.2, -0.15) is 0 Å². The first kappa shape index (κ1) is 18.9. The number of esters is 1. The molecule has 0 fully saturated rings. The van der Waals surface area contributed by atoms with Gasteiger partial charge in [0, 0.05) is 19.4 Å². The average Bonchev–Trinajstić information content (AvgIpc) is 2.38. The van der Waals surface area contributed by atoms with Crippen molar-refractivity contribution in [2.75, 3.05) is 6.61 Å². The molecule has 5 nitrogen and oxygen atoms in total. The van der Waals surface area contributed by atoms with E-state index in [9.17, 15) is 9.59 Å². The fourth-order valence-electron chi connectivity index (χ4n) is 1.96. The maximum absolute atomic E-state index is 11.5. The Morgan fingerprint density at radius 3 is 2.20 bits per heavy atom. The van der Waals surface area contributed by atoms with Crippen LogP contribution >= 0.6 is 0 Å². The molecule has 0 bridgehead atoms. The first-order valence-electron chi connectivity index (χ1n) is 7.58. The van der Waals surface area contributed by atoms with Crippen molar-refractivity contribution in [3.63, 3.8) is 0 Å². The van der Waals surface area contributed by atoms with Crippen LogP contribution in [0.25, 0.3) is 0 Å². The molecular weight excluding hydrogens is 260 g/mol. The van der Waals surface area contributed by atoms with E-state index in [0.717, 1.165) is 38.5 Å². The van der Waals surface area contributed by atoms with Gasteiger partial charge in [0.25, 0.3) is 0 Å². The maximum Gasteiger partial charge on any atom is 0.306 e. The molecule has 0 aliphatic heterocycles. The normalized spacial score (nSPS) is 12.1. The highest BCUT2D eigenvalue weighted by Gasteiger charge is 2.09. The van der Waals surface area contributed by atoms with Gasteiger partial charge >= 0.3 is 11.9 Å². The lowest BCUT2D eigenvalue weighted by Crippen LogP contribution is -2.14. The Labute approximate surface area is 121 Å².